The fraction of sp³-hybridized carbons (Fsp3) is 0. The van der Waals surface area contributed by atoms with Crippen LogP contribution in [0.15, 0.2) is 188 Å². The third kappa shape index (κ3) is 5.72. The predicted octanol–water partition coefficient (Wildman–Crippen LogP) is 12.2. The van der Waals surface area contributed by atoms with Gasteiger partial charge in [0.1, 0.15) is 0 Å². The zero-order valence-corrected chi connectivity index (χ0v) is 27.2. The second-order valence-corrected chi connectivity index (χ2v) is 12.5. The molecule has 0 aliphatic carbocycles. The van der Waals surface area contributed by atoms with E-state index < -0.39 is 0 Å². The molecule has 8 aromatic carbocycles. The third-order valence-electron chi connectivity index (χ3n) is 9.33. The van der Waals surface area contributed by atoms with Crippen molar-refractivity contribution in [1.82, 2.24) is 15.0 Å². The van der Waals surface area contributed by atoms with Crippen LogP contribution < -0.4 is 0 Å². The first-order valence-electron chi connectivity index (χ1n) is 16.9. The normalized spacial score (nSPS) is 11.2. The zero-order valence-electron chi connectivity index (χ0n) is 27.2. The minimum Gasteiger partial charge on any atom is -0.208 e. The lowest BCUT2D eigenvalue weighted by Gasteiger charge is -2.11. The van der Waals surface area contributed by atoms with Crippen LogP contribution in [0.5, 0.6) is 0 Å². The van der Waals surface area contributed by atoms with E-state index in [0.717, 1.165) is 33.2 Å². The highest BCUT2D eigenvalue weighted by Gasteiger charge is 2.14. The minimum atomic E-state index is 0.640. The molecule has 0 radical (unpaired) electrons. The molecule has 0 unspecified atom stereocenters. The van der Waals surface area contributed by atoms with Gasteiger partial charge in [0.05, 0.1) is 0 Å². The minimum absolute atomic E-state index is 0.640. The highest BCUT2D eigenvalue weighted by atomic mass is 15.0. The summed E-state index contributed by atoms with van der Waals surface area (Å²) in [7, 11) is 0. The number of hydrogen-bond donors (Lipinski definition) is 0. The molecule has 0 saturated carbocycles. The number of nitrogens with zero attached hydrogens (tertiary/aromatic N) is 3. The summed E-state index contributed by atoms with van der Waals surface area (Å²) in [6.45, 7) is 0. The molecule has 1 heterocycles. The SMILES string of the molecule is c1ccc(-c2ccc(-c3nc(-c4ccc(-c5cccc6ccccc56)cc4)nc(-c4ccc5cc(-c6ccccc6)ccc5c4)n3)cc2)cc1. The van der Waals surface area contributed by atoms with E-state index in [9.17, 15) is 0 Å². The van der Waals surface area contributed by atoms with Crippen molar-refractivity contribution in [1.29, 1.82) is 0 Å². The Bertz CT molecular complexity index is 2610. The van der Waals surface area contributed by atoms with E-state index in [2.05, 4.69) is 176 Å². The molecule has 0 aliphatic heterocycles. The smallest absolute Gasteiger partial charge is 0.164 e. The Morgan fingerprint density at radius 1 is 0.240 bits per heavy atom. The van der Waals surface area contributed by atoms with Gasteiger partial charge in [-0.25, -0.2) is 15.0 Å². The van der Waals surface area contributed by atoms with E-state index in [1.807, 2.05) is 12.1 Å². The van der Waals surface area contributed by atoms with E-state index >= 15 is 0 Å². The van der Waals surface area contributed by atoms with Crippen molar-refractivity contribution < 1.29 is 0 Å². The molecule has 9 aromatic rings. The lowest BCUT2D eigenvalue weighted by molar-refractivity contribution is 1.07. The lowest BCUT2D eigenvalue weighted by Crippen LogP contribution is -2.00. The Morgan fingerprint density at radius 3 is 1.30 bits per heavy atom. The summed E-state index contributed by atoms with van der Waals surface area (Å²) in [5.74, 6) is 1.92. The fourth-order valence-electron chi connectivity index (χ4n) is 6.68. The highest BCUT2D eigenvalue weighted by Crippen LogP contribution is 2.33. The molecule has 0 amide bonds. The highest BCUT2D eigenvalue weighted by molar-refractivity contribution is 5.97. The van der Waals surface area contributed by atoms with Crippen LogP contribution in [0, 0.1) is 0 Å². The van der Waals surface area contributed by atoms with Crippen LogP contribution in [-0.2, 0) is 0 Å². The van der Waals surface area contributed by atoms with E-state index in [1.165, 1.54) is 38.4 Å². The molecule has 0 spiro atoms. The first-order valence-corrected chi connectivity index (χ1v) is 16.9. The van der Waals surface area contributed by atoms with Gasteiger partial charge < -0.3 is 0 Å². The lowest BCUT2D eigenvalue weighted by atomic mass is 9.97. The van der Waals surface area contributed by atoms with Gasteiger partial charge in [0.2, 0.25) is 0 Å². The molecule has 0 N–H and O–H groups in total. The van der Waals surface area contributed by atoms with Crippen molar-refractivity contribution in [3.8, 4) is 67.5 Å². The fourth-order valence-corrected chi connectivity index (χ4v) is 6.68. The van der Waals surface area contributed by atoms with Crippen molar-refractivity contribution in [2.24, 2.45) is 0 Å². The van der Waals surface area contributed by atoms with Gasteiger partial charge in [-0.2, -0.15) is 0 Å². The van der Waals surface area contributed by atoms with Gasteiger partial charge in [0, 0.05) is 16.7 Å². The average Bonchev–Trinajstić information content (AvgIpc) is 3.21. The summed E-state index contributed by atoms with van der Waals surface area (Å²) in [5, 5.41) is 4.77. The Kier molecular flexibility index (Phi) is 7.49. The summed E-state index contributed by atoms with van der Waals surface area (Å²) >= 11 is 0. The summed E-state index contributed by atoms with van der Waals surface area (Å²) in [6, 6.07) is 65.9. The van der Waals surface area contributed by atoms with Crippen LogP contribution in [0.25, 0.3) is 89.1 Å². The standard InChI is InChI=1S/C47H31N3/c1-3-10-32(11-4-1)34-18-22-37(23-19-34)45-48-46(38-24-20-36(21-25-38)44-17-9-15-35-14-7-8-16-43(35)44)50-47(49-45)42-29-28-40-30-39(26-27-41(40)31-42)33-12-5-2-6-13-33/h1-31H. The van der Waals surface area contributed by atoms with Crippen LogP contribution in [-0.4, -0.2) is 15.0 Å². The summed E-state index contributed by atoms with van der Waals surface area (Å²) in [4.78, 5) is 15.2. The van der Waals surface area contributed by atoms with Gasteiger partial charge in [-0.05, 0) is 67.1 Å². The molecule has 3 heteroatoms. The molecule has 1 aromatic heterocycles. The van der Waals surface area contributed by atoms with E-state index in [1.54, 1.807) is 0 Å². The number of hydrogen-bond acceptors (Lipinski definition) is 3. The molecule has 0 saturated heterocycles. The maximum Gasteiger partial charge on any atom is 0.164 e. The topological polar surface area (TPSA) is 38.7 Å². The molecule has 0 fully saturated rings. The Labute approximate surface area is 291 Å². The Balaban J connectivity index is 1.13. The van der Waals surface area contributed by atoms with Crippen LogP contribution >= 0.6 is 0 Å². The largest absolute Gasteiger partial charge is 0.208 e. The van der Waals surface area contributed by atoms with Crippen molar-refractivity contribution in [2.75, 3.05) is 0 Å². The molecule has 234 valence electrons. The van der Waals surface area contributed by atoms with Crippen molar-refractivity contribution in [3.05, 3.63) is 188 Å². The van der Waals surface area contributed by atoms with Crippen LogP contribution in [0.4, 0.5) is 0 Å². The molecule has 50 heavy (non-hydrogen) atoms. The maximum absolute atomic E-state index is 5.07. The second kappa shape index (κ2) is 12.7. The molecule has 0 aliphatic rings. The second-order valence-electron chi connectivity index (χ2n) is 12.5. The van der Waals surface area contributed by atoms with E-state index in [-0.39, 0.29) is 0 Å². The molecule has 0 bridgehead atoms. The van der Waals surface area contributed by atoms with Crippen molar-refractivity contribution in [2.45, 2.75) is 0 Å². The van der Waals surface area contributed by atoms with Crippen LogP contribution in [0.3, 0.4) is 0 Å². The maximum atomic E-state index is 5.07. The van der Waals surface area contributed by atoms with E-state index in [4.69, 9.17) is 15.0 Å². The predicted molar refractivity (Wildman–Crippen MR) is 207 cm³/mol. The van der Waals surface area contributed by atoms with Gasteiger partial charge in [-0.3, -0.25) is 0 Å². The van der Waals surface area contributed by atoms with Crippen LogP contribution in [0.2, 0.25) is 0 Å². The first-order chi connectivity index (χ1) is 24.7. The Morgan fingerprint density at radius 2 is 0.660 bits per heavy atom. The molecular formula is C47H31N3. The molecule has 0 atom stereocenters. The number of fused-ring (bicyclic) bond motifs is 2. The molecule has 3 nitrogen and oxygen atoms in total. The molecular weight excluding hydrogens is 607 g/mol. The number of benzene rings is 8. The molecule has 9 rings (SSSR count). The summed E-state index contributed by atoms with van der Waals surface area (Å²) in [6.07, 6.45) is 0. The third-order valence-corrected chi connectivity index (χ3v) is 9.33. The van der Waals surface area contributed by atoms with Gasteiger partial charge in [0.25, 0.3) is 0 Å². The monoisotopic (exact) mass is 637 g/mol. The zero-order chi connectivity index (χ0) is 33.3. The van der Waals surface area contributed by atoms with Crippen molar-refractivity contribution in [3.63, 3.8) is 0 Å². The summed E-state index contributed by atoms with van der Waals surface area (Å²) in [5.41, 5.74) is 9.91. The van der Waals surface area contributed by atoms with Gasteiger partial charge in [0.15, 0.2) is 17.5 Å². The van der Waals surface area contributed by atoms with Gasteiger partial charge >= 0.3 is 0 Å². The number of aromatic nitrogens is 3. The Hall–Kier alpha value is -6.71. The van der Waals surface area contributed by atoms with Crippen LogP contribution in [0.1, 0.15) is 0 Å². The number of rotatable bonds is 6. The quantitative estimate of drug-likeness (QED) is 0.182. The van der Waals surface area contributed by atoms with Gasteiger partial charge in [-0.15, -0.1) is 0 Å². The van der Waals surface area contributed by atoms with Gasteiger partial charge in [-0.1, -0.05) is 176 Å². The van der Waals surface area contributed by atoms with E-state index in [0.29, 0.717) is 17.5 Å². The summed E-state index contributed by atoms with van der Waals surface area (Å²) < 4.78 is 0. The average molecular weight is 638 g/mol. The first kappa shape index (κ1) is 29.4. The van der Waals surface area contributed by atoms with Crippen molar-refractivity contribution >= 4 is 21.5 Å².